The summed E-state index contributed by atoms with van der Waals surface area (Å²) in [5, 5.41) is 8.96. The number of hydrogen-bond donors (Lipinski definition) is 3. The third-order valence-corrected chi connectivity index (χ3v) is 1.96. The van der Waals surface area contributed by atoms with Gasteiger partial charge in [0.05, 0.1) is 12.1 Å². The van der Waals surface area contributed by atoms with E-state index in [0.717, 1.165) is 0 Å². The van der Waals surface area contributed by atoms with Gasteiger partial charge in [-0.2, -0.15) is 0 Å². The van der Waals surface area contributed by atoms with E-state index >= 15 is 0 Å². The summed E-state index contributed by atoms with van der Waals surface area (Å²) in [5.41, 5.74) is 11.1. The summed E-state index contributed by atoms with van der Waals surface area (Å²) >= 11 is 0. The van der Waals surface area contributed by atoms with Gasteiger partial charge in [0.25, 0.3) is 0 Å². The SMILES string of the molecule is CC(N)(CO)c1cc(F)ccc1N. The molecule has 0 saturated heterocycles. The molecular formula is C9H13FN2O. The van der Waals surface area contributed by atoms with Crippen LogP contribution in [0.3, 0.4) is 0 Å². The molecule has 1 rings (SSSR count). The zero-order valence-electron chi connectivity index (χ0n) is 7.42. The lowest BCUT2D eigenvalue weighted by Gasteiger charge is -2.23. The summed E-state index contributed by atoms with van der Waals surface area (Å²) in [7, 11) is 0. The number of aliphatic hydroxyl groups excluding tert-OH is 1. The number of halogens is 1. The highest BCUT2D eigenvalue weighted by Crippen LogP contribution is 2.24. The Kier molecular flexibility index (Phi) is 2.54. The zero-order chi connectivity index (χ0) is 10.1. The maximum atomic E-state index is 12.8. The third kappa shape index (κ3) is 1.96. The van der Waals surface area contributed by atoms with E-state index in [2.05, 4.69) is 0 Å². The minimum Gasteiger partial charge on any atom is -0.398 e. The molecule has 0 amide bonds. The molecule has 0 aliphatic heterocycles. The van der Waals surface area contributed by atoms with E-state index < -0.39 is 11.4 Å². The molecule has 13 heavy (non-hydrogen) atoms. The molecule has 1 aromatic carbocycles. The lowest BCUT2D eigenvalue weighted by atomic mass is 9.92. The van der Waals surface area contributed by atoms with Gasteiger partial charge in [-0.25, -0.2) is 4.39 Å². The van der Waals surface area contributed by atoms with Crippen LogP contribution < -0.4 is 11.5 Å². The highest BCUT2D eigenvalue weighted by molar-refractivity contribution is 5.50. The molecule has 1 unspecified atom stereocenters. The summed E-state index contributed by atoms with van der Waals surface area (Å²) in [6, 6.07) is 3.93. The first-order valence-corrected chi connectivity index (χ1v) is 3.92. The van der Waals surface area contributed by atoms with E-state index in [1.54, 1.807) is 6.92 Å². The Morgan fingerprint density at radius 1 is 1.54 bits per heavy atom. The van der Waals surface area contributed by atoms with Gasteiger partial charge in [0, 0.05) is 5.69 Å². The standard InChI is InChI=1S/C9H13FN2O/c1-9(12,5-13)7-4-6(10)2-3-8(7)11/h2-4,13H,5,11-12H2,1H3. The van der Waals surface area contributed by atoms with Gasteiger partial charge in [-0.05, 0) is 30.7 Å². The normalized spacial score (nSPS) is 15.4. The van der Waals surface area contributed by atoms with Gasteiger partial charge in [0.15, 0.2) is 0 Å². The largest absolute Gasteiger partial charge is 0.398 e. The first-order chi connectivity index (χ1) is 5.97. The zero-order valence-corrected chi connectivity index (χ0v) is 7.42. The van der Waals surface area contributed by atoms with Crippen LogP contribution in [0, 0.1) is 5.82 Å². The first-order valence-electron chi connectivity index (χ1n) is 3.92. The molecule has 1 aromatic rings. The van der Waals surface area contributed by atoms with Crippen LogP contribution in [0.15, 0.2) is 18.2 Å². The van der Waals surface area contributed by atoms with Crippen molar-refractivity contribution in [3.8, 4) is 0 Å². The van der Waals surface area contributed by atoms with Crippen LogP contribution in [-0.4, -0.2) is 11.7 Å². The summed E-state index contributed by atoms with van der Waals surface area (Å²) in [6.45, 7) is 1.32. The van der Waals surface area contributed by atoms with Crippen molar-refractivity contribution in [1.82, 2.24) is 0 Å². The number of benzene rings is 1. The van der Waals surface area contributed by atoms with Crippen LogP contribution in [0.5, 0.6) is 0 Å². The van der Waals surface area contributed by atoms with E-state index in [1.807, 2.05) is 0 Å². The number of hydrogen-bond acceptors (Lipinski definition) is 3. The Bertz CT molecular complexity index is 312. The molecule has 0 aromatic heterocycles. The molecule has 0 fully saturated rings. The van der Waals surface area contributed by atoms with Crippen molar-refractivity contribution in [2.24, 2.45) is 5.73 Å². The second-order valence-corrected chi connectivity index (χ2v) is 3.31. The molecular weight excluding hydrogens is 171 g/mol. The highest BCUT2D eigenvalue weighted by Gasteiger charge is 2.22. The number of aliphatic hydroxyl groups is 1. The van der Waals surface area contributed by atoms with Crippen molar-refractivity contribution in [1.29, 1.82) is 0 Å². The predicted octanol–water partition coefficient (Wildman–Crippen LogP) is 0.574. The number of nitrogens with two attached hydrogens (primary N) is 2. The molecule has 0 radical (unpaired) electrons. The topological polar surface area (TPSA) is 72.3 Å². The maximum Gasteiger partial charge on any atom is 0.123 e. The predicted molar refractivity (Wildman–Crippen MR) is 49.4 cm³/mol. The molecule has 5 N–H and O–H groups in total. The van der Waals surface area contributed by atoms with E-state index in [9.17, 15) is 4.39 Å². The van der Waals surface area contributed by atoms with Crippen molar-refractivity contribution in [3.63, 3.8) is 0 Å². The first kappa shape index (κ1) is 9.95. The summed E-state index contributed by atoms with van der Waals surface area (Å²) < 4.78 is 12.8. The quantitative estimate of drug-likeness (QED) is 0.588. The van der Waals surface area contributed by atoms with Crippen LogP contribution >= 0.6 is 0 Å². The minimum atomic E-state index is -0.994. The van der Waals surface area contributed by atoms with E-state index in [1.165, 1.54) is 18.2 Å². The molecule has 0 aliphatic rings. The van der Waals surface area contributed by atoms with Crippen molar-refractivity contribution in [3.05, 3.63) is 29.6 Å². The third-order valence-electron chi connectivity index (χ3n) is 1.96. The van der Waals surface area contributed by atoms with Crippen molar-refractivity contribution >= 4 is 5.69 Å². The molecule has 0 spiro atoms. The lowest BCUT2D eigenvalue weighted by Crippen LogP contribution is -2.37. The van der Waals surface area contributed by atoms with Crippen LogP contribution in [-0.2, 0) is 5.54 Å². The van der Waals surface area contributed by atoms with Crippen LogP contribution in [0.25, 0.3) is 0 Å². The average molecular weight is 184 g/mol. The molecule has 0 heterocycles. The van der Waals surface area contributed by atoms with Crippen LogP contribution in [0.2, 0.25) is 0 Å². The fourth-order valence-electron chi connectivity index (χ4n) is 1.11. The van der Waals surface area contributed by atoms with Gasteiger partial charge in [0.1, 0.15) is 5.82 Å². The smallest absolute Gasteiger partial charge is 0.123 e. The van der Waals surface area contributed by atoms with Gasteiger partial charge >= 0.3 is 0 Å². The molecule has 0 aliphatic carbocycles. The molecule has 0 bridgehead atoms. The molecule has 0 saturated carbocycles. The highest BCUT2D eigenvalue weighted by atomic mass is 19.1. The van der Waals surface area contributed by atoms with Gasteiger partial charge in [0.2, 0.25) is 0 Å². The van der Waals surface area contributed by atoms with E-state index in [4.69, 9.17) is 16.6 Å². The van der Waals surface area contributed by atoms with Gasteiger partial charge in [-0.1, -0.05) is 0 Å². The molecule has 4 heteroatoms. The second-order valence-electron chi connectivity index (χ2n) is 3.31. The Morgan fingerprint density at radius 3 is 2.69 bits per heavy atom. The number of rotatable bonds is 2. The molecule has 3 nitrogen and oxygen atoms in total. The van der Waals surface area contributed by atoms with Crippen molar-refractivity contribution < 1.29 is 9.50 Å². The Labute approximate surface area is 76.2 Å². The Balaban J connectivity index is 3.20. The number of nitrogen functional groups attached to an aromatic ring is 1. The van der Waals surface area contributed by atoms with Gasteiger partial charge in [-0.3, -0.25) is 0 Å². The van der Waals surface area contributed by atoms with Crippen molar-refractivity contribution in [2.45, 2.75) is 12.5 Å². The summed E-state index contributed by atoms with van der Waals surface area (Å²) in [5.74, 6) is -0.408. The van der Waals surface area contributed by atoms with Crippen LogP contribution in [0.4, 0.5) is 10.1 Å². The fraction of sp³-hybridized carbons (Fsp3) is 0.333. The summed E-state index contributed by atoms with van der Waals surface area (Å²) in [4.78, 5) is 0. The molecule has 72 valence electrons. The Hall–Kier alpha value is -1.13. The van der Waals surface area contributed by atoms with Crippen LogP contribution in [0.1, 0.15) is 12.5 Å². The fourth-order valence-corrected chi connectivity index (χ4v) is 1.11. The van der Waals surface area contributed by atoms with Gasteiger partial charge in [-0.15, -0.1) is 0 Å². The average Bonchev–Trinajstić information content (AvgIpc) is 2.09. The van der Waals surface area contributed by atoms with E-state index in [0.29, 0.717) is 11.3 Å². The Morgan fingerprint density at radius 2 is 2.15 bits per heavy atom. The summed E-state index contributed by atoms with van der Waals surface area (Å²) in [6.07, 6.45) is 0. The number of anilines is 1. The van der Waals surface area contributed by atoms with Crippen molar-refractivity contribution in [2.75, 3.05) is 12.3 Å². The second kappa shape index (κ2) is 3.32. The van der Waals surface area contributed by atoms with E-state index in [-0.39, 0.29) is 6.61 Å². The minimum absolute atomic E-state index is 0.277. The van der Waals surface area contributed by atoms with Gasteiger partial charge < -0.3 is 16.6 Å². The monoisotopic (exact) mass is 184 g/mol. The lowest BCUT2D eigenvalue weighted by molar-refractivity contribution is 0.210. The maximum absolute atomic E-state index is 12.8. The molecule has 1 atom stereocenters.